The van der Waals surface area contributed by atoms with Crippen LogP contribution in [-0.2, 0) is 4.79 Å². The third kappa shape index (κ3) is 3.44. The minimum atomic E-state index is -1.09. The van der Waals surface area contributed by atoms with Crippen LogP contribution < -0.4 is 5.32 Å². The average molecular weight is 289 g/mol. The molecule has 0 aliphatic carbocycles. The molecule has 0 saturated heterocycles. The van der Waals surface area contributed by atoms with Crippen LogP contribution in [0.4, 0.5) is 0 Å². The maximum absolute atomic E-state index is 12.0. The number of hydrogen-bond acceptors (Lipinski definition) is 5. The molecule has 0 aliphatic rings. The summed E-state index contributed by atoms with van der Waals surface area (Å²) in [5.41, 5.74) is 0.983. The van der Waals surface area contributed by atoms with E-state index in [1.54, 1.807) is 38.2 Å². The molecule has 0 aliphatic heterocycles. The standard InChI is InChI=1S/C14H15N3O4/c1-8(2)12(14(19)20)16-13(18)11-7-10(17-21-11)9-5-3-4-6-15-9/h3-8,12H,1-2H3,(H,16,18)(H,19,20)/t12-/m1/s1. The predicted octanol–water partition coefficient (Wildman–Crippen LogP) is 1.58. The number of aromatic nitrogens is 2. The first-order chi connectivity index (χ1) is 9.99. The van der Waals surface area contributed by atoms with Crippen LogP contribution in [0.25, 0.3) is 11.4 Å². The monoisotopic (exact) mass is 289 g/mol. The van der Waals surface area contributed by atoms with E-state index in [1.165, 1.54) is 6.07 Å². The summed E-state index contributed by atoms with van der Waals surface area (Å²) in [7, 11) is 0. The number of carbonyl (C=O) groups excluding carboxylic acids is 1. The third-order valence-electron chi connectivity index (χ3n) is 2.88. The maximum atomic E-state index is 12.0. The molecule has 2 aromatic rings. The number of carboxylic acid groups (broad SMARTS) is 1. The fourth-order valence-electron chi connectivity index (χ4n) is 1.74. The third-order valence-corrected chi connectivity index (χ3v) is 2.88. The highest BCUT2D eigenvalue weighted by Gasteiger charge is 2.25. The highest BCUT2D eigenvalue weighted by atomic mass is 16.5. The zero-order valence-electron chi connectivity index (χ0n) is 11.6. The fraction of sp³-hybridized carbons (Fsp3) is 0.286. The molecule has 0 spiro atoms. The van der Waals surface area contributed by atoms with Gasteiger partial charge in [0.2, 0.25) is 5.76 Å². The van der Waals surface area contributed by atoms with Gasteiger partial charge in [0, 0.05) is 12.3 Å². The molecule has 110 valence electrons. The molecule has 1 amide bonds. The zero-order valence-corrected chi connectivity index (χ0v) is 11.6. The van der Waals surface area contributed by atoms with Crippen LogP contribution in [0.2, 0.25) is 0 Å². The molecule has 0 unspecified atom stereocenters. The van der Waals surface area contributed by atoms with Gasteiger partial charge in [-0.1, -0.05) is 25.1 Å². The van der Waals surface area contributed by atoms with Crippen molar-refractivity contribution in [1.29, 1.82) is 0 Å². The van der Waals surface area contributed by atoms with Crippen LogP contribution in [0, 0.1) is 5.92 Å². The molecular weight excluding hydrogens is 274 g/mol. The number of hydrogen-bond donors (Lipinski definition) is 2. The van der Waals surface area contributed by atoms with E-state index < -0.39 is 17.9 Å². The Bertz CT molecular complexity index is 637. The van der Waals surface area contributed by atoms with Gasteiger partial charge in [0.15, 0.2) is 0 Å². The second kappa shape index (κ2) is 6.17. The minimum Gasteiger partial charge on any atom is -0.480 e. The summed E-state index contributed by atoms with van der Waals surface area (Å²) in [6.07, 6.45) is 1.60. The van der Waals surface area contributed by atoms with Crippen LogP contribution in [0.5, 0.6) is 0 Å². The predicted molar refractivity (Wildman–Crippen MR) is 73.5 cm³/mol. The number of carboxylic acids is 1. The van der Waals surface area contributed by atoms with Crippen LogP contribution >= 0.6 is 0 Å². The van der Waals surface area contributed by atoms with Crippen LogP contribution in [0.15, 0.2) is 35.0 Å². The number of nitrogens with one attached hydrogen (secondary N) is 1. The van der Waals surface area contributed by atoms with Gasteiger partial charge in [-0.2, -0.15) is 0 Å². The molecule has 0 fully saturated rings. The van der Waals surface area contributed by atoms with E-state index in [2.05, 4.69) is 15.5 Å². The highest BCUT2D eigenvalue weighted by molar-refractivity contribution is 5.95. The van der Waals surface area contributed by atoms with E-state index in [4.69, 9.17) is 9.63 Å². The quantitative estimate of drug-likeness (QED) is 0.865. The van der Waals surface area contributed by atoms with Crippen molar-refractivity contribution in [3.63, 3.8) is 0 Å². The van der Waals surface area contributed by atoms with E-state index in [0.29, 0.717) is 11.4 Å². The Kier molecular flexibility index (Phi) is 4.32. The molecular formula is C14H15N3O4. The summed E-state index contributed by atoms with van der Waals surface area (Å²) in [6.45, 7) is 3.41. The van der Waals surface area contributed by atoms with Crippen molar-refractivity contribution in [3.05, 3.63) is 36.2 Å². The lowest BCUT2D eigenvalue weighted by Gasteiger charge is -2.16. The van der Waals surface area contributed by atoms with Crippen molar-refractivity contribution in [2.75, 3.05) is 0 Å². The van der Waals surface area contributed by atoms with Crippen molar-refractivity contribution in [2.45, 2.75) is 19.9 Å². The molecule has 7 nitrogen and oxygen atoms in total. The Morgan fingerprint density at radius 1 is 1.29 bits per heavy atom. The number of carbonyl (C=O) groups is 2. The van der Waals surface area contributed by atoms with Gasteiger partial charge in [0.25, 0.3) is 5.91 Å². The van der Waals surface area contributed by atoms with Crippen molar-refractivity contribution < 1.29 is 19.2 Å². The lowest BCUT2D eigenvalue weighted by atomic mass is 10.0. The molecule has 2 heterocycles. The Labute approximate surface area is 121 Å². The summed E-state index contributed by atoms with van der Waals surface area (Å²) < 4.78 is 4.95. The number of nitrogens with zero attached hydrogens (tertiary/aromatic N) is 2. The minimum absolute atomic E-state index is 0.0532. The maximum Gasteiger partial charge on any atom is 0.326 e. The Morgan fingerprint density at radius 2 is 2.05 bits per heavy atom. The Morgan fingerprint density at radius 3 is 2.62 bits per heavy atom. The van der Waals surface area contributed by atoms with E-state index >= 15 is 0 Å². The number of amides is 1. The van der Waals surface area contributed by atoms with Gasteiger partial charge in [-0.05, 0) is 18.1 Å². The Hall–Kier alpha value is -2.70. The molecule has 21 heavy (non-hydrogen) atoms. The number of pyridine rings is 1. The van der Waals surface area contributed by atoms with Gasteiger partial charge in [-0.25, -0.2) is 4.79 Å². The molecule has 0 aromatic carbocycles. The lowest BCUT2D eigenvalue weighted by molar-refractivity contribution is -0.140. The second-order valence-corrected chi connectivity index (χ2v) is 4.82. The van der Waals surface area contributed by atoms with Crippen molar-refractivity contribution in [2.24, 2.45) is 5.92 Å². The van der Waals surface area contributed by atoms with E-state index in [1.807, 2.05) is 0 Å². The number of aliphatic carboxylic acids is 1. The van der Waals surface area contributed by atoms with Crippen LogP contribution in [-0.4, -0.2) is 33.2 Å². The molecule has 1 atom stereocenters. The van der Waals surface area contributed by atoms with Crippen molar-refractivity contribution in [1.82, 2.24) is 15.5 Å². The van der Waals surface area contributed by atoms with E-state index in [-0.39, 0.29) is 11.7 Å². The normalized spacial score (nSPS) is 12.1. The first kappa shape index (κ1) is 14.7. The van der Waals surface area contributed by atoms with Gasteiger partial charge < -0.3 is 14.9 Å². The smallest absolute Gasteiger partial charge is 0.326 e. The second-order valence-electron chi connectivity index (χ2n) is 4.82. The lowest BCUT2D eigenvalue weighted by Crippen LogP contribution is -2.44. The summed E-state index contributed by atoms with van der Waals surface area (Å²) in [5, 5.41) is 15.2. The first-order valence-corrected chi connectivity index (χ1v) is 6.41. The average Bonchev–Trinajstić information content (AvgIpc) is 2.94. The fourth-order valence-corrected chi connectivity index (χ4v) is 1.74. The van der Waals surface area contributed by atoms with Crippen molar-refractivity contribution in [3.8, 4) is 11.4 Å². The van der Waals surface area contributed by atoms with Gasteiger partial charge in [-0.15, -0.1) is 0 Å². The summed E-state index contributed by atoms with van der Waals surface area (Å²) >= 11 is 0. The number of rotatable bonds is 5. The molecule has 2 aromatic heterocycles. The van der Waals surface area contributed by atoms with E-state index in [9.17, 15) is 9.59 Å². The Balaban J connectivity index is 2.14. The van der Waals surface area contributed by atoms with Gasteiger partial charge in [-0.3, -0.25) is 9.78 Å². The van der Waals surface area contributed by atoms with Gasteiger partial charge in [0.1, 0.15) is 11.7 Å². The molecule has 7 heteroatoms. The topological polar surface area (TPSA) is 105 Å². The highest BCUT2D eigenvalue weighted by Crippen LogP contribution is 2.16. The van der Waals surface area contributed by atoms with Gasteiger partial charge >= 0.3 is 5.97 Å². The summed E-state index contributed by atoms with van der Waals surface area (Å²) in [6, 6.07) is 5.72. The molecule has 0 saturated carbocycles. The summed E-state index contributed by atoms with van der Waals surface area (Å²) in [4.78, 5) is 27.1. The molecule has 2 N–H and O–H groups in total. The largest absolute Gasteiger partial charge is 0.480 e. The van der Waals surface area contributed by atoms with Gasteiger partial charge in [0.05, 0.1) is 5.69 Å². The van der Waals surface area contributed by atoms with Crippen LogP contribution in [0.3, 0.4) is 0 Å². The zero-order chi connectivity index (χ0) is 15.4. The first-order valence-electron chi connectivity index (χ1n) is 6.41. The molecule has 2 rings (SSSR count). The molecule has 0 radical (unpaired) electrons. The van der Waals surface area contributed by atoms with E-state index in [0.717, 1.165) is 0 Å². The van der Waals surface area contributed by atoms with Crippen LogP contribution in [0.1, 0.15) is 24.4 Å². The summed E-state index contributed by atoms with van der Waals surface area (Å²) in [5.74, 6) is -2.01. The van der Waals surface area contributed by atoms with Crippen molar-refractivity contribution >= 4 is 11.9 Å². The molecule has 0 bridgehead atoms. The SMILES string of the molecule is CC(C)[C@@H](NC(=O)c1cc(-c2ccccn2)no1)C(=O)O.